The van der Waals surface area contributed by atoms with Crippen molar-refractivity contribution in [3.05, 3.63) is 35.1 Å². The molecule has 7 nitrogen and oxygen atoms in total. The summed E-state index contributed by atoms with van der Waals surface area (Å²) in [4.78, 5) is 14.7. The highest BCUT2D eigenvalue weighted by Crippen LogP contribution is 2.22. The van der Waals surface area contributed by atoms with Gasteiger partial charge in [-0.1, -0.05) is 11.6 Å². The van der Waals surface area contributed by atoms with Gasteiger partial charge in [0.05, 0.1) is 23.5 Å². The smallest absolute Gasteiger partial charge is 0.256 e. The molecule has 2 aromatic rings. The zero-order chi connectivity index (χ0) is 15.7. The second-order valence-corrected chi connectivity index (χ2v) is 5.82. The van der Waals surface area contributed by atoms with Crippen LogP contribution in [0.1, 0.15) is 24.2 Å². The average Bonchev–Trinajstić information content (AvgIpc) is 2.99. The van der Waals surface area contributed by atoms with Crippen LogP contribution in [0.3, 0.4) is 0 Å². The highest BCUT2D eigenvalue weighted by atomic mass is 35.5. The molecule has 116 valence electrons. The number of benzene rings is 1. The van der Waals surface area contributed by atoms with Gasteiger partial charge >= 0.3 is 0 Å². The Morgan fingerprint density at radius 1 is 1.32 bits per heavy atom. The van der Waals surface area contributed by atoms with E-state index in [1.54, 1.807) is 23.1 Å². The molecule has 1 aliphatic heterocycles. The van der Waals surface area contributed by atoms with E-state index in [2.05, 4.69) is 15.5 Å². The van der Waals surface area contributed by atoms with E-state index < -0.39 is 0 Å². The van der Waals surface area contributed by atoms with Crippen molar-refractivity contribution in [3.63, 3.8) is 0 Å². The molecule has 0 radical (unpaired) electrons. The second kappa shape index (κ2) is 6.02. The molecule has 0 bridgehead atoms. The number of amides is 1. The zero-order valence-electron chi connectivity index (χ0n) is 12.3. The summed E-state index contributed by atoms with van der Waals surface area (Å²) in [7, 11) is 0. The zero-order valence-corrected chi connectivity index (χ0v) is 13.1. The third kappa shape index (κ3) is 2.95. The summed E-state index contributed by atoms with van der Waals surface area (Å²) in [6, 6.07) is 5.09. The maximum Gasteiger partial charge on any atom is 0.256 e. The molecule has 22 heavy (non-hydrogen) atoms. The van der Waals surface area contributed by atoms with Crippen molar-refractivity contribution in [2.75, 3.05) is 13.1 Å². The molecular formula is C14H16ClN5O2. The minimum Gasteiger partial charge on any atom is -0.372 e. The van der Waals surface area contributed by atoms with Gasteiger partial charge in [0, 0.05) is 18.1 Å². The Kier molecular flexibility index (Phi) is 4.08. The van der Waals surface area contributed by atoms with E-state index in [0.29, 0.717) is 29.4 Å². The number of halogens is 1. The average molecular weight is 322 g/mol. The van der Waals surface area contributed by atoms with E-state index in [1.165, 1.54) is 11.0 Å². The van der Waals surface area contributed by atoms with Crippen molar-refractivity contribution in [2.45, 2.75) is 26.1 Å². The molecule has 1 aromatic carbocycles. The van der Waals surface area contributed by atoms with Crippen LogP contribution in [0.25, 0.3) is 5.69 Å². The third-order valence-corrected chi connectivity index (χ3v) is 3.73. The van der Waals surface area contributed by atoms with Crippen molar-refractivity contribution < 1.29 is 9.53 Å². The van der Waals surface area contributed by atoms with Crippen LogP contribution in [-0.4, -0.2) is 56.3 Å². The predicted molar refractivity (Wildman–Crippen MR) is 80.1 cm³/mol. The van der Waals surface area contributed by atoms with Gasteiger partial charge in [-0.2, -0.15) is 4.68 Å². The highest BCUT2D eigenvalue weighted by Gasteiger charge is 2.28. The van der Waals surface area contributed by atoms with Gasteiger partial charge in [0.25, 0.3) is 5.91 Å². The monoisotopic (exact) mass is 321 g/mol. The fraction of sp³-hybridized carbons (Fsp3) is 0.429. The van der Waals surface area contributed by atoms with Gasteiger partial charge in [0.15, 0.2) is 0 Å². The lowest BCUT2D eigenvalue weighted by Crippen LogP contribution is -2.48. The number of morpholine rings is 1. The van der Waals surface area contributed by atoms with E-state index in [1.807, 2.05) is 13.8 Å². The molecule has 0 N–H and O–H groups in total. The Hall–Kier alpha value is -1.99. The van der Waals surface area contributed by atoms with Gasteiger partial charge in [-0.25, -0.2) is 0 Å². The van der Waals surface area contributed by atoms with E-state index in [0.717, 1.165) is 0 Å². The van der Waals surface area contributed by atoms with Crippen molar-refractivity contribution in [1.82, 2.24) is 25.1 Å². The van der Waals surface area contributed by atoms with Crippen LogP contribution < -0.4 is 0 Å². The molecule has 3 rings (SSSR count). The number of tetrazole rings is 1. The summed E-state index contributed by atoms with van der Waals surface area (Å²) in [5.41, 5.74) is 1.08. The number of carbonyl (C=O) groups is 1. The van der Waals surface area contributed by atoms with Crippen LogP contribution in [0.15, 0.2) is 24.5 Å². The quantitative estimate of drug-likeness (QED) is 0.839. The first kappa shape index (κ1) is 14.9. The van der Waals surface area contributed by atoms with Gasteiger partial charge in [-0.05, 0) is 42.5 Å². The van der Waals surface area contributed by atoms with E-state index >= 15 is 0 Å². The Labute approximate surface area is 132 Å². The largest absolute Gasteiger partial charge is 0.372 e. The number of hydrogen-bond acceptors (Lipinski definition) is 5. The fourth-order valence-electron chi connectivity index (χ4n) is 2.67. The van der Waals surface area contributed by atoms with Crippen LogP contribution in [-0.2, 0) is 4.74 Å². The van der Waals surface area contributed by atoms with Crippen molar-refractivity contribution >= 4 is 17.5 Å². The Bertz CT molecular complexity index is 666. The first-order valence-electron chi connectivity index (χ1n) is 7.02. The van der Waals surface area contributed by atoms with Crippen LogP contribution in [0.2, 0.25) is 5.02 Å². The maximum atomic E-state index is 12.9. The first-order chi connectivity index (χ1) is 10.5. The number of ether oxygens (including phenoxy) is 1. The third-order valence-electron chi connectivity index (χ3n) is 3.49. The summed E-state index contributed by atoms with van der Waals surface area (Å²) in [5, 5.41) is 11.6. The highest BCUT2D eigenvalue weighted by molar-refractivity contribution is 6.31. The fourth-order valence-corrected chi connectivity index (χ4v) is 2.84. The molecule has 2 atom stereocenters. The van der Waals surface area contributed by atoms with E-state index in [9.17, 15) is 4.79 Å². The van der Waals surface area contributed by atoms with Crippen LogP contribution in [0.5, 0.6) is 0 Å². The van der Waals surface area contributed by atoms with Crippen molar-refractivity contribution in [1.29, 1.82) is 0 Å². The Morgan fingerprint density at radius 3 is 2.68 bits per heavy atom. The van der Waals surface area contributed by atoms with Crippen LogP contribution in [0, 0.1) is 0 Å². The SMILES string of the molecule is CC1CN(C(=O)c2cc(Cl)ccc2-n2cnnn2)CC(C)O1. The minimum absolute atomic E-state index is 0.00312. The summed E-state index contributed by atoms with van der Waals surface area (Å²) in [6.45, 7) is 5.00. The lowest BCUT2D eigenvalue weighted by Gasteiger charge is -2.35. The summed E-state index contributed by atoms with van der Waals surface area (Å²) >= 11 is 6.06. The number of nitrogens with zero attached hydrogens (tertiary/aromatic N) is 5. The molecule has 2 heterocycles. The molecule has 1 aliphatic rings. The molecule has 0 saturated carbocycles. The Morgan fingerprint density at radius 2 is 2.05 bits per heavy atom. The molecule has 2 unspecified atom stereocenters. The molecule has 1 amide bonds. The van der Waals surface area contributed by atoms with Crippen molar-refractivity contribution in [2.24, 2.45) is 0 Å². The van der Waals surface area contributed by atoms with Gasteiger partial charge < -0.3 is 9.64 Å². The van der Waals surface area contributed by atoms with Crippen LogP contribution >= 0.6 is 11.6 Å². The number of aromatic nitrogens is 4. The standard InChI is InChI=1S/C14H16ClN5O2/c1-9-6-19(7-10(2)22-9)14(21)12-5-11(15)3-4-13(12)20-8-16-17-18-20/h3-5,8-10H,6-7H2,1-2H3. The van der Waals surface area contributed by atoms with Gasteiger partial charge in [-0.15, -0.1) is 5.10 Å². The number of rotatable bonds is 2. The van der Waals surface area contributed by atoms with Crippen molar-refractivity contribution in [3.8, 4) is 5.69 Å². The molecule has 1 saturated heterocycles. The minimum atomic E-state index is -0.102. The van der Waals surface area contributed by atoms with Gasteiger partial charge in [0.2, 0.25) is 0 Å². The molecule has 0 spiro atoms. The maximum absolute atomic E-state index is 12.9. The molecular weight excluding hydrogens is 306 g/mol. The lowest BCUT2D eigenvalue weighted by atomic mass is 10.1. The Balaban J connectivity index is 1.96. The summed E-state index contributed by atoms with van der Waals surface area (Å²) < 4.78 is 7.13. The molecule has 8 heteroatoms. The lowest BCUT2D eigenvalue weighted by molar-refractivity contribution is -0.0586. The topological polar surface area (TPSA) is 73.1 Å². The van der Waals surface area contributed by atoms with E-state index in [-0.39, 0.29) is 18.1 Å². The first-order valence-corrected chi connectivity index (χ1v) is 7.40. The van der Waals surface area contributed by atoms with E-state index in [4.69, 9.17) is 16.3 Å². The summed E-state index contributed by atoms with van der Waals surface area (Å²) in [5.74, 6) is -0.102. The second-order valence-electron chi connectivity index (χ2n) is 5.38. The normalized spacial score (nSPS) is 21.9. The summed E-state index contributed by atoms with van der Waals surface area (Å²) in [6.07, 6.45) is 1.46. The van der Waals surface area contributed by atoms with Crippen LogP contribution in [0.4, 0.5) is 0 Å². The number of hydrogen-bond donors (Lipinski definition) is 0. The van der Waals surface area contributed by atoms with Gasteiger partial charge in [0.1, 0.15) is 6.33 Å². The van der Waals surface area contributed by atoms with Gasteiger partial charge in [-0.3, -0.25) is 4.79 Å². The molecule has 0 aliphatic carbocycles. The molecule has 1 fully saturated rings. The predicted octanol–water partition coefficient (Wildman–Crippen LogP) is 1.57. The number of carbonyl (C=O) groups excluding carboxylic acids is 1. The molecule has 1 aromatic heterocycles.